The van der Waals surface area contributed by atoms with Crippen LogP contribution in [-0.2, 0) is 23.1 Å². The van der Waals surface area contributed by atoms with E-state index in [0.29, 0.717) is 37.6 Å². The highest BCUT2D eigenvalue weighted by Gasteiger charge is 2.32. The maximum Gasteiger partial charge on any atom is 0.243 e. The van der Waals surface area contributed by atoms with Crippen molar-refractivity contribution in [2.24, 2.45) is 0 Å². The molecule has 0 unspecified atom stereocenters. The van der Waals surface area contributed by atoms with E-state index in [9.17, 15) is 8.42 Å². The first-order valence-corrected chi connectivity index (χ1v) is 11.2. The van der Waals surface area contributed by atoms with Crippen LogP contribution in [0.15, 0.2) is 11.0 Å². The highest BCUT2D eigenvalue weighted by atomic mass is 32.2. The molecular formula is C19H30N6O2S. The summed E-state index contributed by atoms with van der Waals surface area (Å²) in [5, 5.41) is 11.9. The maximum atomic E-state index is 13.4. The van der Waals surface area contributed by atoms with Gasteiger partial charge in [-0.3, -0.25) is 4.90 Å². The highest BCUT2D eigenvalue weighted by Crippen LogP contribution is 2.29. The van der Waals surface area contributed by atoms with Crippen LogP contribution in [-0.4, -0.2) is 64.0 Å². The van der Waals surface area contributed by atoms with Crippen LogP contribution < -0.4 is 0 Å². The second-order valence-electron chi connectivity index (χ2n) is 7.59. The number of benzene rings is 1. The lowest BCUT2D eigenvalue weighted by Gasteiger charge is -2.34. The molecule has 28 heavy (non-hydrogen) atoms. The molecule has 0 atom stereocenters. The number of rotatable bonds is 6. The van der Waals surface area contributed by atoms with Gasteiger partial charge >= 0.3 is 0 Å². The number of tetrazole rings is 1. The van der Waals surface area contributed by atoms with Crippen LogP contribution >= 0.6 is 0 Å². The first-order chi connectivity index (χ1) is 13.3. The van der Waals surface area contributed by atoms with Gasteiger partial charge in [0.15, 0.2) is 5.82 Å². The Morgan fingerprint density at radius 2 is 1.61 bits per heavy atom. The van der Waals surface area contributed by atoms with Crippen molar-refractivity contribution in [3.63, 3.8) is 0 Å². The Kier molecular flexibility index (Phi) is 6.16. The molecule has 1 fully saturated rings. The van der Waals surface area contributed by atoms with Crippen molar-refractivity contribution in [2.45, 2.75) is 59.0 Å². The average Bonchev–Trinajstić information content (AvgIpc) is 3.08. The van der Waals surface area contributed by atoms with Crippen molar-refractivity contribution in [2.75, 3.05) is 26.2 Å². The summed E-state index contributed by atoms with van der Waals surface area (Å²) in [7, 11) is -3.51. The van der Waals surface area contributed by atoms with Gasteiger partial charge in [-0.15, -0.1) is 5.10 Å². The van der Waals surface area contributed by atoms with Crippen molar-refractivity contribution in [3.8, 4) is 0 Å². The lowest BCUT2D eigenvalue weighted by atomic mass is 10.0. The lowest BCUT2D eigenvalue weighted by molar-refractivity contribution is 0.175. The zero-order chi connectivity index (χ0) is 20.5. The summed E-state index contributed by atoms with van der Waals surface area (Å²) in [5.41, 5.74) is 3.74. The quantitative estimate of drug-likeness (QED) is 0.728. The third kappa shape index (κ3) is 3.97. The fourth-order valence-electron chi connectivity index (χ4n) is 3.75. The smallest absolute Gasteiger partial charge is 0.243 e. The lowest BCUT2D eigenvalue weighted by Crippen LogP contribution is -2.48. The van der Waals surface area contributed by atoms with Gasteiger partial charge in [-0.1, -0.05) is 13.0 Å². The molecule has 0 N–H and O–H groups in total. The van der Waals surface area contributed by atoms with Crippen molar-refractivity contribution in [1.82, 2.24) is 29.4 Å². The second kappa shape index (κ2) is 8.26. The van der Waals surface area contributed by atoms with E-state index in [4.69, 9.17) is 0 Å². The molecule has 2 heterocycles. The number of hydrogen-bond acceptors (Lipinski definition) is 6. The zero-order valence-electron chi connectivity index (χ0n) is 17.4. The third-order valence-corrected chi connectivity index (χ3v) is 7.81. The second-order valence-corrected chi connectivity index (χ2v) is 9.46. The van der Waals surface area contributed by atoms with Crippen molar-refractivity contribution < 1.29 is 8.42 Å². The fraction of sp³-hybridized carbons (Fsp3) is 0.632. The first-order valence-electron chi connectivity index (χ1n) is 9.80. The minimum Gasteiger partial charge on any atom is -0.293 e. The Morgan fingerprint density at radius 1 is 1.00 bits per heavy atom. The molecule has 0 amide bonds. The molecule has 0 bridgehead atoms. The molecule has 1 aliphatic heterocycles. The van der Waals surface area contributed by atoms with Crippen LogP contribution in [0.2, 0.25) is 0 Å². The molecule has 8 nitrogen and oxygen atoms in total. The summed E-state index contributed by atoms with van der Waals surface area (Å²) in [5.74, 6) is 0.833. The molecule has 1 aliphatic rings. The molecule has 0 aliphatic carbocycles. The van der Waals surface area contributed by atoms with Crippen LogP contribution in [0, 0.1) is 27.7 Å². The van der Waals surface area contributed by atoms with Gasteiger partial charge in [-0.05, 0) is 66.8 Å². The van der Waals surface area contributed by atoms with E-state index in [1.807, 2.05) is 32.4 Å². The summed E-state index contributed by atoms with van der Waals surface area (Å²) in [4.78, 5) is 2.69. The molecule has 1 aromatic carbocycles. The predicted octanol–water partition coefficient (Wildman–Crippen LogP) is 1.82. The average molecular weight is 407 g/mol. The molecule has 154 valence electrons. The summed E-state index contributed by atoms with van der Waals surface area (Å²) in [6, 6.07) is 2.06. The van der Waals surface area contributed by atoms with Gasteiger partial charge in [0.25, 0.3) is 0 Å². The molecule has 2 aromatic rings. The maximum absolute atomic E-state index is 13.4. The van der Waals surface area contributed by atoms with Crippen molar-refractivity contribution in [3.05, 3.63) is 34.1 Å². The third-order valence-electron chi connectivity index (χ3n) is 5.63. The van der Waals surface area contributed by atoms with Gasteiger partial charge in [-0.25, -0.2) is 13.1 Å². The Balaban J connectivity index is 1.73. The van der Waals surface area contributed by atoms with Gasteiger partial charge in [-0.2, -0.15) is 4.31 Å². The van der Waals surface area contributed by atoms with Gasteiger partial charge in [0.05, 0.1) is 11.4 Å². The summed E-state index contributed by atoms with van der Waals surface area (Å²) >= 11 is 0. The van der Waals surface area contributed by atoms with Crippen LogP contribution in [0.3, 0.4) is 0 Å². The highest BCUT2D eigenvalue weighted by molar-refractivity contribution is 7.89. The van der Waals surface area contributed by atoms with Gasteiger partial charge in [0.1, 0.15) is 0 Å². The van der Waals surface area contributed by atoms with E-state index >= 15 is 0 Å². The molecule has 0 spiro atoms. The van der Waals surface area contributed by atoms with E-state index in [1.54, 1.807) is 4.31 Å². The number of aryl methyl sites for hydroxylation is 3. The van der Waals surface area contributed by atoms with E-state index in [1.165, 1.54) is 0 Å². The largest absolute Gasteiger partial charge is 0.293 e. The van der Waals surface area contributed by atoms with Crippen molar-refractivity contribution in [1.29, 1.82) is 0 Å². The normalized spacial score (nSPS) is 16.6. The number of sulfonamides is 1. The molecule has 9 heteroatoms. The predicted molar refractivity (Wildman–Crippen MR) is 108 cm³/mol. The minimum atomic E-state index is -3.51. The molecule has 0 saturated carbocycles. The minimum absolute atomic E-state index is 0.476. The van der Waals surface area contributed by atoms with E-state index in [0.717, 1.165) is 41.0 Å². The SMILES string of the molecule is CCCn1nnnc1CN1CCN(S(=O)(=O)c2c(C)c(C)cc(C)c2C)CC1. The zero-order valence-corrected chi connectivity index (χ0v) is 18.3. The molecule has 0 radical (unpaired) electrons. The summed E-state index contributed by atoms with van der Waals surface area (Å²) in [6.45, 7) is 13.6. The van der Waals surface area contributed by atoms with E-state index in [-0.39, 0.29) is 0 Å². The summed E-state index contributed by atoms with van der Waals surface area (Å²) in [6.07, 6.45) is 0.971. The van der Waals surface area contributed by atoms with Gasteiger partial charge < -0.3 is 0 Å². The number of nitrogens with zero attached hydrogens (tertiary/aromatic N) is 6. The Morgan fingerprint density at radius 3 is 2.18 bits per heavy atom. The molecule has 1 saturated heterocycles. The number of hydrogen-bond donors (Lipinski definition) is 0. The molecular weight excluding hydrogens is 376 g/mol. The Bertz CT molecular complexity index is 919. The van der Waals surface area contributed by atoms with Crippen LogP contribution in [0.1, 0.15) is 41.4 Å². The molecule has 3 rings (SSSR count). The number of aromatic nitrogens is 4. The number of piperazine rings is 1. The van der Waals surface area contributed by atoms with Crippen LogP contribution in [0.25, 0.3) is 0 Å². The standard InChI is InChI=1S/C19H30N6O2S/c1-6-7-25-18(20-21-22-25)13-23-8-10-24(11-9-23)28(26,27)19-16(4)14(2)12-15(3)17(19)5/h12H,6-11,13H2,1-5H3. The van der Waals surface area contributed by atoms with Crippen LogP contribution in [0.5, 0.6) is 0 Å². The topological polar surface area (TPSA) is 84.2 Å². The molecule has 1 aromatic heterocycles. The van der Waals surface area contributed by atoms with E-state index < -0.39 is 10.0 Å². The first kappa shape index (κ1) is 20.9. The van der Waals surface area contributed by atoms with Crippen LogP contribution in [0.4, 0.5) is 0 Å². The summed E-state index contributed by atoms with van der Waals surface area (Å²) < 4.78 is 30.2. The van der Waals surface area contributed by atoms with E-state index in [2.05, 4.69) is 33.4 Å². The Labute approximate surface area is 167 Å². The fourth-order valence-corrected chi connectivity index (χ4v) is 5.74. The Hall–Kier alpha value is -1.84. The van der Waals surface area contributed by atoms with Gasteiger partial charge in [0, 0.05) is 32.7 Å². The van der Waals surface area contributed by atoms with Gasteiger partial charge in [0.2, 0.25) is 10.0 Å². The monoisotopic (exact) mass is 406 g/mol. The van der Waals surface area contributed by atoms with Crippen molar-refractivity contribution >= 4 is 10.0 Å².